The topological polar surface area (TPSA) is 124 Å². The number of hydrogen-bond donors (Lipinski definition) is 0. The molecule has 0 bridgehead atoms. The largest absolute Gasteiger partial charge is 0.467 e. The Bertz CT molecular complexity index is 673. The quantitative estimate of drug-likeness (QED) is 0.639. The van der Waals surface area contributed by atoms with Gasteiger partial charge in [0.05, 0.1) is 14.2 Å². The summed E-state index contributed by atoms with van der Waals surface area (Å²) in [6, 6.07) is -0.630. The first-order valence-electron chi connectivity index (χ1n) is 7.71. The van der Waals surface area contributed by atoms with E-state index >= 15 is 0 Å². The number of methoxy groups -OCH3 is 2. The van der Waals surface area contributed by atoms with Gasteiger partial charge in [0.15, 0.2) is 0 Å². The van der Waals surface area contributed by atoms with Gasteiger partial charge in [0.1, 0.15) is 6.04 Å². The van der Waals surface area contributed by atoms with E-state index in [1.54, 1.807) is 4.90 Å². The Morgan fingerprint density at radius 1 is 1.04 bits per heavy atom. The molecule has 2 aliphatic heterocycles. The monoisotopic (exact) mass is 351 g/mol. The molecule has 25 heavy (non-hydrogen) atoms. The molecule has 2 fully saturated rings. The molecular formula is C14H17N5O6. The molecule has 2 aliphatic rings. The number of carbonyl (C=O) groups excluding carboxylic acids is 3. The number of amides is 2. The fourth-order valence-corrected chi connectivity index (χ4v) is 2.70. The van der Waals surface area contributed by atoms with E-state index in [2.05, 4.69) is 15.0 Å². The van der Waals surface area contributed by atoms with Crippen LogP contribution in [0.5, 0.6) is 12.0 Å². The molecule has 11 heteroatoms. The molecule has 11 nitrogen and oxygen atoms in total. The molecule has 3 rings (SSSR count). The van der Waals surface area contributed by atoms with E-state index in [-0.39, 0.29) is 30.8 Å². The Kier molecular flexibility index (Phi) is 4.63. The lowest BCUT2D eigenvalue weighted by atomic mass is 10.2. The Balaban J connectivity index is 1.79. The highest BCUT2D eigenvalue weighted by molar-refractivity contribution is 6.01. The molecule has 0 spiro atoms. The van der Waals surface area contributed by atoms with Crippen LogP contribution in [0.2, 0.25) is 0 Å². The number of ether oxygens (including phenoxy) is 2. The predicted octanol–water partition coefficient (Wildman–Crippen LogP) is -0.535. The van der Waals surface area contributed by atoms with Gasteiger partial charge in [0, 0.05) is 19.4 Å². The van der Waals surface area contributed by atoms with Gasteiger partial charge in [-0.3, -0.25) is 9.59 Å². The number of rotatable bonds is 5. The molecular weight excluding hydrogens is 334 g/mol. The first kappa shape index (κ1) is 16.9. The van der Waals surface area contributed by atoms with Crippen molar-refractivity contribution in [3.8, 4) is 12.0 Å². The molecule has 0 aliphatic carbocycles. The van der Waals surface area contributed by atoms with Crippen molar-refractivity contribution >= 4 is 23.7 Å². The zero-order chi connectivity index (χ0) is 18.0. The van der Waals surface area contributed by atoms with Gasteiger partial charge in [-0.25, -0.2) is 4.79 Å². The summed E-state index contributed by atoms with van der Waals surface area (Å²) in [7, 11) is 2.80. The fourth-order valence-electron chi connectivity index (χ4n) is 2.70. The minimum absolute atomic E-state index is 0.0440. The van der Waals surface area contributed by atoms with E-state index in [0.29, 0.717) is 24.4 Å². The van der Waals surface area contributed by atoms with Crippen molar-refractivity contribution in [1.29, 1.82) is 0 Å². The molecule has 134 valence electrons. The number of hydroxylamine groups is 2. The third kappa shape index (κ3) is 3.30. The minimum atomic E-state index is -0.724. The molecule has 2 amide bonds. The highest BCUT2D eigenvalue weighted by Crippen LogP contribution is 2.26. The van der Waals surface area contributed by atoms with Crippen molar-refractivity contribution in [2.45, 2.75) is 31.7 Å². The molecule has 0 aromatic carbocycles. The van der Waals surface area contributed by atoms with Gasteiger partial charge in [0.25, 0.3) is 11.8 Å². The number of anilines is 1. The summed E-state index contributed by atoms with van der Waals surface area (Å²) in [6.45, 7) is 0.498. The minimum Gasteiger partial charge on any atom is -0.467 e. The van der Waals surface area contributed by atoms with Crippen LogP contribution in [0.15, 0.2) is 0 Å². The standard InChI is InChI=1S/C14H17N5O6/c1-23-13-15-12(16-14(17-13)24-2)18-7-3-4-8(18)11(22)25-19-9(20)5-6-10(19)21/h8H,3-7H2,1-2H3/t8-/m1/s1. The summed E-state index contributed by atoms with van der Waals surface area (Å²) < 4.78 is 10.0. The second-order valence-corrected chi connectivity index (χ2v) is 5.45. The summed E-state index contributed by atoms with van der Waals surface area (Å²) in [4.78, 5) is 54.4. The third-order valence-corrected chi connectivity index (χ3v) is 3.92. The van der Waals surface area contributed by atoms with Crippen LogP contribution in [0.1, 0.15) is 25.7 Å². The number of hydrogen-bond acceptors (Lipinski definition) is 10. The van der Waals surface area contributed by atoms with Crippen molar-refractivity contribution in [2.75, 3.05) is 25.7 Å². The number of imide groups is 1. The lowest BCUT2D eigenvalue weighted by molar-refractivity contribution is -0.198. The lowest BCUT2D eigenvalue weighted by Crippen LogP contribution is -2.43. The van der Waals surface area contributed by atoms with Crippen LogP contribution < -0.4 is 14.4 Å². The highest BCUT2D eigenvalue weighted by Gasteiger charge is 2.39. The summed E-state index contributed by atoms with van der Waals surface area (Å²) in [5.41, 5.74) is 0. The van der Waals surface area contributed by atoms with Crippen LogP contribution >= 0.6 is 0 Å². The highest BCUT2D eigenvalue weighted by atomic mass is 16.7. The van der Waals surface area contributed by atoms with Crippen molar-refractivity contribution < 1.29 is 28.7 Å². The van der Waals surface area contributed by atoms with Gasteiger partial charge >= 0.3 is 18.0 Å². The molecule has 1 aromatic rings. The Hall–Kier alpha value is -2.98. The average molecular weight is 351 g/mol. The Labute approximate surface area is 142 Å². The van der Waals surface area contributed by atoms with Crippen LogP contribution in [0.25, 0.3) is 0 Å². The summed E-state index contributed by atoms with van der Waals surface area (Å²) in [6.07, 6.45) is 1.26. The zero-order valence-corrected chi connectivity index (χ0v) is 13.8. The molecule has 3 heterocycles. The number of aromatic nitrogens is 3. The van der Waals surface area contributed by atoms with Gasteiger partial charge in [-0.05, 0) is 12.8 Å². The number of carbonyl (C=O) groups is 3. The van der Waals surface area contributed by atoms with E-state index in [1.165, 1.54) is 14.2 Å². The van der Waals surface area contributed by atoms with Crippen molar-refractivity contribution in [2.24, 2.45) is 0 Å². The summed E-state index contributed by atoms with van der Waals surface area (Å²) >= 11 is 0. The average Bonchev–Trinajstić information content (AvgIpc) is 3.23. The van der Waals surface area contributed by atoms with E-state index in [1.807, 2.05) is 0 Å². The first-order chi connectivity index (χ1) is 12.0. The molecule has 0 saturated carbocycles. The second-order valence-electron chi connectivity index (χ2n) is 5.45. The van der Waals surface area contributed by atoms with Crippen LogP contribution in [0.4, 0.5) is 5.95 Å². The Morgan fingerprint density at radius 3 is 2.20 bits per heavy atom. The first-order valence-corrected chi connectivity index (χ1v) is 7.71. The van der Waals surface area contributed by atoms with Crippen molar-refractivity contribution in [1.82, 2.24) is 20.0 Å². The Morgan fingerprint density at radius 2 is 1.64 bits per heavy atom. The van der Waals surface area contributed by atoms with E-state index < -0.39 is 23.8 Å². The van der Waals surface area contributed by atoms with Gasteiger partial charge in [-0.2, -0.15) is 9.97 Å². The maximum atomic E-state index is 12.4. The van der Waals surface area contributed by atoms with Gasteiger partial charge in [0.2, 0.25) is 5.95 Å². The van der Waals surface area contributed by atoms with Gasteiger partial charge in [-0.15, -0.1) is 10.0 Å². The molecule has 2 saturated heterocycles. The van der Waals surface area contributed by atoms with Gasteiger partial charge in [-0.1, -0.05) is 0 Å². The van der Waals surface area contributed by atoms with Gasteiger partial charge < -0.3 is 19.2 Å². The molecule has 1 aromatic heterocycles. The summed E-state index contributed by atoms with van der Waals surface area (Å²) in [5.74, 6) is -1.56. The smallest absolute Gasteiger partial charge is 0.355 e. The summed E-state index contributed by atoms with van der Waals surface area (Å²) in [5, 5.41) is 0.535. The number of nitrogens with zero attached hydrogens (tertiary/aromatic N) is 5. The zero-order valence-electron chi connectivity index (χ0n) is 13.8. The molecule has 0 unspecified atom stereocenters. The van der Waals surface area contributed by atoms with Crippen molar-refractivity contribution in [3.05, 3.63) is 0 Å². The van der Waals surface area contributed by atoms with Crippen LogP contribution in [0, 0.1) is 0 Å². The van der Waals surface area contributed by atoms with Crippen LogP contribution in [-0.2, 0) is 19.2 Å². The maximum absolute atomic E-state index is 12.4. The lowest BCUT2D eigenvalue weighted by Gasteiger charge is -2.24. The van der Waals surface area contributed by atoms with E-state index in [9.17, 15) is 14.4 Å². The second kappa shape index (κ2) is 6.87. The van der Waals surface area contributed by atoms with E-state index in [4.69, 9.17) is 14.3 Å². The van der Waals surface area contributed by atoms with Crippen LogP contribution in [-0.4, -0.2) is 64.6 Å². The van der Waals surface area contributed by atoms with Crippen LogP contribution in [0.3, 0.4) is 0 Å². The normalized spacial score (nSPS) is 20.2. The van der Waals surface area contributed by atoms with E-state index in [0.717, 1.165) is 0 Å². The predicted molar refractivity (Wildman–Crippen MR) is 80.5 cm³/mol. The van der Waals surface area contributed by atoms with Crippen molar-refractivity contribution in [3.63, 3.8) is 0 Å². The fraction of sp³-hybridized carbons (Fsp3) is 0.571. The molecule has 0 radical (unpaired) electrons. The third-order valence-electron chi connectivity index (χ3n) is 3.92. The SMILES string of the molecule is COc1nc(OC)nc(N2CCC[C@@H]2C(=O)ON2C(=O)CCC2=O)n1. The maximum Gasteiger partial charge on any atom is 0.355 e. The molecule has 0 N–H and O–H groups in total. The molecule has 1 atom stereocenters.